The van der Waals surface area contributed by atoms with Crippen LogP contribution in [0.1, 0.15) is 57.4 Å². The van der Waals surface area contributed by atoms with Crippen LogP contribution in [0.15, 0.2) is 90.1 Å². The Labute approximate surface area is 237 Å². The molecule has 1 unspecified atom stereocenters. The number of aromatic nitrogens is 2. The van der Waals surface area contributed by atoms with Crippen molar-refractivity contribution in [2.75, 3.05) is 0 Å². The maximum atomic E-state index is 13.4. The first-order chi connectivity index (χ1) is 19.3. The lowest BCUT2D eigenvalue weighted by molar-refractivity contribution is -0.138. The Morgan fingerprint density at radius 3 is 2.00 bits per heavy atom. The number of nitrogens with zero attached hydrogens (tertiary/aromatic N) is 2. The van der Waals surface area contributed by atoms with Crippen molar-refractivity contribution in [3.05, 3.63) is 90.5 Å². The van der Waals surface area contributed by atoms with Gasteiger partial charge in [-0.2, -0.15) is 13.2 Å². The van der Waals surface area contributed by atoms with Gasteiger partial charge in [0.2, 0.25) is 0 Å². The molecule has 0 fully saturated rings. The summed E-state index contributed by atoms with van der Waals surface area (Å²) in [7, 11) is 0. The summed E-state index contributed by atoms with van der Waals surface area (Å²) in [6, 6.07) is 24.0. The summed E-state index contributed by atoms with van der Waals surface area (Å²) in [6.07, 6.45) is 2.29. The standard InChI is InChI=1S/C32H33F3N2O2S/c1-2-3-4-5-6-13-18-27(30(38)39)40-31-36-28(23-14-9-7-10-15-23)29(24-16-11-8-12-17-24)37(31)26-21-19-25(20-22-26)32(33,34)35/h7-12,14-17,19-22,27H,2-6,13,18H2,1H3,(H,38,39). The molecule has 210 valence electrons. The molecule has 8 heteroatoms. The number of hydrogen-bond donors (Lipinski definition) is 1. The molecule has 0 amide bonds. The summed E-state index contributed by atoms with van der Waals surface area (Å²) in [4.78, 5) is 17.3. The average Bonchev–Trinajstić information content (AvgIpc) is 3.34. The predicted octanol–water partition coefficient (Wildman–Crippen LogP) is 9.52. The van der Waals surface area contributed by atoms with Gasteiger partial charge in [-0.1, -0.05) is 118 Å². The van der Waals surface area contributed by atoms with Crippen molar-refractivity contribution in [3.63, 3.8) is 0 Å². The highest BCUT2D eigenvalue weighted by Crippen LogP contribution is 2.40. The highest BCUT2D eigenvalue weighted by molar-refractivity contribution is 8.00. The minimum Gasteiger partial charge on any atom is -0.480 e. The van der Waals surface area contributed by atoms with Gasteiger partial charge in [-0.05, 0) is 30.7 Å². The summed E-state index contributed by atoms with van der Waals surface area (Å²) < 4.78 is 41.9. The number of thioether (sulfide) groups is 1. The van der Waals surface area contributed by atoms with Gasteiger partial charge in [-0.25, -0.2) is 4.98 Å². The van der Waals surface area contributed by atoms with E-state index in [4.69, 9.17) is 4.98 Å². The summed E-state index contributed by atoms with van der Waals surface area (Å²) >= 11 is 1.15. The Morgan fingerprint density at radius 1 is 0.850 bits per heavy atom. The van der Waals surface area contributed by atoms with Crippen LogP contribution in [0.25, 0.3) is 28.2 Å². The number of alkyl halides is 3. The van der Waals surface area contributed by atoms with Gasteiger partial charge < -0.3 is 5.11 Å². The first kappa shape index (κ1) is 29.5. The van der Waals surface area contributed by atoms with Crippen LogP contribution in [0.3, 0.4) is 0 Å². The van der Waals surface area contributed by atoms with E-state index in [-0.39, 0.29) is 0 Å². The molecule has 0 bridgehead atoms. The van der Waals surface area contributed by atoms with Crippen LogP contribution >= 0.6 is 11.8 Å². The number of aliphatic carboxylic acids is 1. The Kier molecular flexibility index (Phi) is 10.1. The molecule has 1 aromatic heterocycles. The quantitative estimate of drug-likeness (QED) is 0.129. The number of hydrogen-bond acceptors (Lipinski definition) is 3. The Bertz CT molecular complexity index is 1370. The number of benzene rings is 3. The summed E-state index contributed by atoms with van der Waals surface area (Å²) in [5.74, 6) is -0.928. The van der Waals surface area contributed by atoms with E-state index in [0.29, 0.717) is 28.7 Å². The number of carboxylic acids is 1. The molecule has 0 radical (unpaired) electrons. The number of rotatable bonds is 13. The summed E-state index contributed by atoms with van der Waals surface area (Å²) in [5, 5.41) is 9.78. The molecule has 1 heterocycles. The Morgan fingerprint density at radius 2 is 1.43 bits per heavy atom. The van der Waals surface area contributed by atoms with E-state index in [1.807, 2.05) is 60.7 Å². The zero-order valence-corrected chi connectivity index (χ0v) is 23.2. The largest absolute Gasteiger partial charge is 0.480 e. The Hall–Kier alpha value is -3.52. The smallest absolute Gasteiger partial charge is 0.416 e. The number of imidazole rings is 1. The molecule has 0 saturated heterocycles. The number of unbranched alkanes of at least 4 members (excludes halogenated alkanes) is 5. The van der Waals surface area contributed by atoms with Gasteiger partial charge in [0.1, 0.15) is 5.25 Å². The van der Waals surface area contributed by atoms with Crippen molar-refractivity contribution in [1.82, 2.24) is 9.55 Å². The molecule has 0 aliphatic carbocycles. The van der Waals surface area contributed by atoms with E-state index in [9.17, 15) is 23.1 Å². The molecule has 0 spiro atoms. The lowest BCUT2D eigenvalue weighted by Crippen LogP contribution is -2.17. The second-order valence-corrected chi connectivity index (χ2v) is 10.9. The fraction of sp³-hybridized carbons (Fsp3) is 0.312. The van der Waals surface area contributed by atoms with Gasteiger partial charge in [0.15, 0.2) is 5.16 Å². The van der Waals surface area contributed by atoms with Gasteiger partial charge in [0.05, 0.1) is 17.0 Å². The molecule has 4 aromatic rings. The molecule has 3 aromatic carbocycles. The topological polar surface area (TPSA) is 55.1 Å². The van der Waals surface area contributed by atoms with Gasteiger partial charge >= 0.3 is 12.1 Å². The molecule has 0 aliphatic rings. The summed E-state index contributed by atoms with van der Waals surface area (Å²) in [6.45, 7) is 2.16. The number of carbonyl (C=O) groups is 1. The maximum absolute atomic E-state index is 13.4. The Balaban J connectivity index is 1.80. The predicted molar refractivity (Wildman–Crippen MR) is 155 cm³/mol. The molecular weight excluding hydrogens is 533 g/mol. The van der Waals surface area contributed by atoms with Crippen LogP contribution in [0.5, 0.6) is 0 Å². The molecule has 4 rings (SSSR count). The molecule has 0 aliphatic heterocycles. The van der Waals surface area contributed by atoms with E-state index in [1.165, 1.54) is 18.6 Å². The third-order valence-corrected chi connectivity index (χ3v) is 7.94. The van der Waals surface area contributed by atoms with E-state index >= 15 is 0 Å². The molecular formula is C32H33F3N2O2S. The third-order valence-electron chi connectivity index (χ3n) is 6.74. The van der Waals surface area contributed by atoms with Crippen LogP contribution in [-0.4, -0.2) is 25.9 Å². The summed E-state index contributed by atoms with van der Waals surface area (Å²) in [5.41, 5.74) is 2.71. The van der Waals surface area contributed by atoms with E-state index in [1.54, 1.807) is 4.57 Å². The highest BCUT2D eigenvalue weighted by atomic mass is 32.2. The fourth-order valence-electron chi connectivity index (χ4n) is 4.65. The van der Waals surface area contributed by atoms with Crippen LogP contribution in [0.4, 0.5) is 13.2 Å². The first-order valence-electron chi connectivity index (χ1n) is 13.6. The average molecular weight is 567 g/mol. The molecule has 0 saturated carbocycles. The van der Waals surface area contributed by atoms with Crippen LogP contribution in [0, 0.1) is 0 Å². The van der Waals surface area contributed by atoms with Crippen LogP contribution in [0.2, 0.25) is 0 Å². The van der Waals surface area contributed by atoms with Crippen molar-refractivity contribution < 1.29 is 23.1 Å². The normalized spacial score (nSPS) is 12.4. The van der Waals surface area contributed by atoms with Gasteiger partial charge in [-0.3, -0.25) is 9.36 Å². The highest BCUT2D eigenvalue weighted by Gasteiger charge is 2.31. The number of carboxylic acid groups (broad SMARTS) is 1. The van der Waals surface area contributed by atoms with Crippen molar-refractivity contribution in [1.29, 1.82) is 0 Å². The zero-order valence-electron chi connectivity index (χ0n) is 22.4. The van der Waals surface area contributed by atoms with E-state index in [0.717, 1.165) is 67.1 Å². The van der Waals surface area contributed by atoms with E-state index < -0.39 is 23.0 Å². The third kappa shape index (κ3) is 7.36. The van der Waals surface area contributed by atoms with E-state index in [2.05, 4.69) is 6.92 Å². The first-order valence-corrected chi connectivity index (χ1v) is 14.5. The monoisotopic (exact) mass is 566 g/mol. The molecule has 4 nitrogen and oxygen atoms in total. The van der Waals surface area contributed by atoms with Crippen molar-refractivity contribution in [2.45, 2.75) is 68.5 Å². The lowest BCUT2D eigenvalue weighted by atomic mass is 10.0. The molecule has 1 atom stereocenters. The van der Waals surface area contributed by atoms with Crippen molar-refractivity contribution in [3.8, 4) is 28.2 Å². The lowest BCUT2D eigenvalue weighted by Gasteiger charge is -2.16. The molecule has 1 N–H and O–H groups in total. The fourth-order valence-corrected chi connectivity index (χ4v) is 5.73. The van der Waals surface area contributed by atoms with Crippen molar-refractivity contribution >= 4 is 17.7 Å². The maximum Gasteiger partial charge on any atom is 0.416 e. The van der Waals surface area contributed by atoms with Gasteiger partial charge in [0, 0.05) is 16.8 Å². The number of halogens is 3. The minimum atomic E-state index is -4.46. The van der Waals surface area contributed by atoms with Crippen LogP contribution in [-0.2, 0) is 11.0 Å². The van der Waals surface area contributed by atoms with Crippen LogP contribution < -0.4 is 0 Å². The second-order valence-electron chi connectivity index (χ2n) is 9.70. The minimum absolute atomic E-state index is 0.427. The van der Waals surface area contributed by atoms with Crippen molar-refractivity contribution in [2.24, 2.45) is 0 Å². The molecule has 40 heavy (non-hydrogen) atoms. The van der Waals surface area contributed by atoms with Gasteiger partial charge in [-0.15, -0.1) is 0 Å². The second kappa shape index (κ2) is 13.7. The SMILES string of the molecule is CCCCCCCCC(Sc1nc(-c2ccccc2)c(-c2ccccc2)n1-c1ccc(C(F)(F)F)cc1)C(=O)O. The zero-order chi connectivity index (χ0) is 28.5. The van der Waals surface area contributed by atoms with Gasteiger partial charge in [0.25, 0.3) is 0 Å².